The number of ether oxygens (including phenoxy) is 2. The molecule has 2 heterocycles. The van der Waals surface area contributed by atoms with Crippen LogP contribution in [0.5, 0.6) is 11.5 Å². The van der Waals surface area contributed by atoms with Gasteiger partial charge in [0.25, 0.3) is 0 Å². The van der Waals surface area contributed by atoms with Gasteiger partial charge >= 0.3 is 0 Å². The van der Waals surface area contributed by atoms with E-state index in [4.69, 9.17) is 9.47 Å². The number of benzene rings is 2. The zero-order chi connectivity index (χ0) is 22.5. The lowest BCUT2D eigenvalue weighted by Gasteiger charge is -2.17. The van der Waals surface area contributed by atoms with E-state index >= 15 is 0 Å². The first kappa shape index (κ1) is 21.8. The summed E-state index contributed by atoms with van der Waals surface area (Å²) < 4.78 is 15.6. The molecule has 3 aromatic rings. The number of anilines is 1. The van der Waals surface area contributed by atoms with E-state index in [9.17, 15) is 9.59 Å². The normalized spacial score (nSPS) is 15.6. The van der Waals surface area contributed by atoms with E-state index in [0.717, 1.165) is 16.8 Å². The Morgan fingerprint density at radius 3 is 2.72 bits per heavy atom. The Hall–Kier alpha value is -3.39. The van der Waals surface area contributed by atoms with Crippen molar-refractivity contribution in [2.75, 3.05) is 25.5 Å². The quantitative estimate of drug-likeness (QED) is 0.560. The van der Waals surface area contributed by atoms with Crippen molar-refractivity contribution in [3.8, 4) is 11.5 Å². The second-order valence-corrected chi connectivity index (χ2v) is 8.55. The number of rotatable bonds is 8. The van der Waals surface area contributed by atoms with Gasteiger partial charge in [-0.1, -0.05) is 36.4 Å². The van der Waals surface area contributed by atoms with Crippen molar-refractivity contribution >= 4 is 28.3 Å². The van der Waals surface area contributed by atoms with Gasteiger partial charge in [0, 0.05) is 18.9 Å². The molecule has 1 aliphatic rings. The van der Waals surface area contributed by atoms with Gasteiger partial charge < -0.3 is 19.7 Å². The fourth-order valence-corrected chi connectivity index (χ4v) is 4.39. The van der Waals surface area contributed by atoms with Crippen LogP contribution >= 0.6 is 11.5 Å². The van der Waals surface area contributed by atoms with Gasteiger partial charge in [-0.05, 0) is 47.8 Å². The van der Waals surface area contributed by atoms with Crippen molar-refractivity contribution in [3.63, 3.8) is 0 Å². The Bertz CT molecular complexity index is 1100. The molecule has 0 radical (unpaired) electrons. The largest absolute Gasteiger partial charge is 0.493 e. The molecule has 0 spiro atoms. The highest BCUT2D eigenvalue weighted by molar-refractivity contribution is 7.10. The van der Waals surface area contributed by atoms with Crippen LogP contribution < -0.4 is 14.8 Å². The first-order valence-electron chi connectivity index (χ1n) is 10.4. The standard InChI is InChI=1S/C24H25N3O4S/c1-16-10-23(32-26-16)25-22(28)14-27-13-19(12-24(27)29)18-8-9-20(30-2)21(11-18)31-15-17-6-4-3-5-7-17/h3-11,19H,12-15H2,1-2H3,(H,25,28)/t19-/m1/s1. The smallest absolute Gasteiger partial charge is 0.244 e. The van der Waals surface area contributed by atoms with Crippen molar-refractivity contribution in [2.24, 2.45) is 0 Å². The number of likely N-dealkylation sites (tertiary alicyclic amines) is 1. The molecule has 0 aliphatic carbocycles. The maximum atomic E-state index is 12.5. The maximum Gasteiger partial charge on any atom is 0.244 e. The summed E-state index contributed by atoms with van der Waals surface area (Å²) in [5.74, 6) is 1.02. The van der Waals surface area contributed by atoms with Crippen LogP contribution in [0.15, 0.2) is 54.6 Å². The molecule has 1 atom stereocenters. The number of carbonyl (C=O) groups excluding carboxylic acids is 2. The summed E-state index contributed by atoms with van der Waals surface area (Å²) in [5, 5.41) is 3.49. The van der Waals surface area contributed by atoms with Crippen molar-refractivity contribution in [1.82, 2.24) is 9.27 Å². The molecule has 8 heteroatoms. The first-order valence-corrected chi connectivity index (χ1v) is 11.1. The van der Waals surface area contributed by atoms with Crippen LogP contribution in [0.25, 0.3) is 0 Å². The van der Waals surface area contributed by atoms with Crippen LogP contribution in [0.1, 0.15) is 29.2 Å². The Morgan fingerprint density at radius 2 is 2.00 bits per heavy atom. The Balaban J connectivity index is 1.40. The van der Waals surface area contributed by atoms with Crippen molar-refractivity contribution in [1.29, 1.82) is 0 Å². The topological polar surface area (TPSA) is 80.8 Å². The van der Waals surface area contributed by atoms with Crippen LogP contribution in [-0.2, 0) is 16.2 Å². The summed E-state index contributed by atoms with van der Waals surface area (Å²) in [5.41, 5.74) is 2.90. The molecule has 32 heavy (non-hydrogen) atoms. The summed E-state index contributed by atoms with van der Waals surface area (Å²) in [6.45, 7) is 2.80. The third-order valence-electron chi connectivity index (χ3n) is 5.34. The van der Waals surface area contributed by atoms with E-state index in [1.54, 1.807) is 12.0 Å². The van der Waals surface area contributed by atoms with Crippen LogP contribution in [-0.4, -0.2) is 41.3 Å². The average molecular weight is 452 g/mol. The lowest BCUT2D eigenvalue weighted by molar-refractivity contribution is -0.131. The summed E-state index contributed by atoms with van der Waals surface area (Å²) in [6.07, 6.45) is 0.359. The molecule has 166 valence electrons. The molecule has 2 amide bonds. The number of carbonyl (C=O) groups is 2. The Kier molecular flexibility index (Phi) is 6.70. The van der Waals surface area contributed by atoms with Crippen LogP contribution in [0.4, 0.5) is 5.00 Å². The zero-order valence-electron chi connectivity index (χ0n) is 18.0. The zero-order valence-corrected chi connectivity index (χ0v) is 18.9. The number of hydrogen-bond donors (Lipinski definition) is 1. The number of amides is 2. The van der Waals surface area contributed by atoms with Crippen LogP contribution in [0.2, 0.25) is 0 Å². The minimum absolute atomic E-state index is 0.00840. The fourth-order valence-electron chi connectivity index (χ4n) is 3.72. The molecule has 0 unspecified atom stereocenters. The van der Waals surface area contributed by atoms with E-state index in [0.29, 0.717) is 36.1 Å². The second kappa shape index (κ2) is 9.82. The molecule has 1 aromatic heterocycles. The van der Waals surface area contributed by atoms with Gasteiger partial charge in [-0.2, -0.15) is 4.37 Å². The molecular weight excluding hydrogens is 426 g/mol. The molecular formula is C24H25N3O4S. The van der Waals surface area contributed by atoms with Crippen molar-refractivity contribution < 1.29 is 19.1 Å². The summed E-state index contributed by atoms with van der Waals surface area (Å²) in [7, 11) is 1.61. The average Bonchev–Trinajstić information content (AvgIpc) is 3.37. The van der Waals surface area contributed by atoms with Gasteiger partial charge in [0.2, 0.25) is 11.8 Å². The third-order valence-corrected chi connectivity index (χ3v) is 6.13. The molecule has 0 saturated carbocycles. The maximum absolute atomic E-state index is 12.5. The van der Waals surface area contributed by atoms with E-state index in [1.807, 2.05) is 61.5 Å². The monoisotopic (exact) mass is 451 g/mol. The summed E-state index contributed by atoms with van der Waals surface area (Å²) in [6, 6.07) is 17.5. The molecule has 1 saturated heterocycles. The molecule has 1 fully saturated rings. The predicted molar refractivity (Wildman–Crippen MR) is 123 cm³/mol. The SMILES string of the molecule is COc1ccc([C@@H]2CC(=O)N(CC(=O)Nc3cc(C)ns3)C2)cc1OCc1ccccc1. The lowest BCUT2D eigenvalue weighted by Crippen LogP contribution is -2.34. The number of aromatic nitrogens is 1. The molecule has 0 bridgehead atoms. The highest BCUT2D eigenvalue weighted by Gasteiger charge is 2.32. The molecule has 7 nitrogen and oxygen atoms in total. The lowest BCUT2D eigenvalue weighted by atomic mass is 9.98. The minimum atomic E-state index is -0.218. The van der Waals surface area contributed by atoms with Crippen molar-refractivity contribution in [3.05, 3.63) is 71.4 Å². The van der Waals surface area contributed by atoms with E-state index in [-0.39, 0.29) is 24.3 Å². The predicted octanol–water partition coefficient (Wildman–Crippen LogP) is 3.99. The van der Waals surface area contributed by atoms with Gasteiger partial charge in [-0.3, -0.25) is 9.59 Å². The Labute approximate surface area is 191 Å². The van der Waals surface area contributed by atoms with Gasteiger partial charge in [-0.15, -0.1) is 0 Å². The van der Waals surface area contributed by atoms with E-state index in [1.165, 1.54) is 11.5 Å². The van der Waals surface area contributed by atoms with Gasteiger partial charge in [0.05, 0.1) is 19.3 Å². The van der Waals surface area contributed by atoms with Gasteiger partial charge in [0.15, 0.2) is 11.5 Å². The second-order valence-electron chi connectivity index (χ2n) is 7.74. The molecule has 1 aliphatic heterocycles. The van der Waals surface area contributed by atoms with E-state index in [2.05, 4.69) is 9.69 Å². The number of nitrogens with one attached hydrogen (secondary N) is 1. The van der Waals surface area contributed by atoms with Crippen LogP contribution in [0, 0.1) is 6.92 Å². The first-order chi connectivity index (χ1) is 15.5. The highest BCUT2D eigenvalue weighted by Crippen LogP contribution is 2.35. The van der Waals surface area contributed by atoms with E-state index < -0.39 is 0 Å². The summed E-state index contributed by atoms with van der Waals surface area (Å²) >= 11 is 1.23. The van der Waals surface area contributed by atoms with Gasteiger partial charge in [-0.25, -0.2) is 0 Å². The molecule has 4 rings (SSSR count). The fraction of sp³-hybridized carbons (Fsp3) is 0.292. The highest BCUT2D eigenvalue weighted by atomic mass is 32.1. The minimum Gasteiger partial charge on any atom is -0.493 e. The number of nitrogens with zero attached hydrogens (tertiary/aromatic N) is 2. The number of hydrogen-bond acceptors (Lipinski definition) is 6. The molecule has 2 aromatic carbocycles. The summed E-state index contributed by atoms with van der Waals surface area (Å²) in [4.78, 5) is 26.5. The number of methoxy groups -OCH3 is 1. The third kappa shape index (κ3) is 5.26. The Morgan fingerprint density at radius 1 is 1.19 bits per heavy atom. The number of aryl methyl sites for hydroxylation is 1. The van der Waals surface area contributed by atoms with Gasteiger partial charge in [0.1, 0.15) is 11.6 Å². The van der Waals surface area contributed by atoms with Crippen LogP contribution in [0.3, 0.4) is 0 Å². The molecule has 1 N–H and O–H groups in total. The van der Waals surface area contributed by atoms with Crippen molar-refractivity contribution in [2.45, 2.75) is 25.9 Å².